The molecular formula is C11H8ClFN2O. The summed E-state index contributed by atoms with van der Waals surface area (Å²) >= 11 is 6.00. The smallest absolute Gasteiger partial charge is 0.169 e. The van der Waals surface area contributed by atoms with Gasteiger partial charge in [0.05, 0.1) is 5.02 Å². The fourth-order valence-corrected chi connectivity index (χ4v) is 1.75. The van der Waals surface area contributed by atoms with Gasteiger partial charge in [0.1, 0.15) is 17.2 Å². The van der Waals surface area contributed by atoms with E-state index in [9.17, 15) is 9.18 Å². The van der Waals surface area contributed by atoms with E-state index in [0.717, 1.165) is 0 Å². The molecule has 82 valence electrons. The highest BCUT2D eigenvalue weighted by Crippen LogP contribution is 2.28. The zero-order valence-corrected chi connectivity index (χ0v) is 9.20. The molecule has 0 aliphatic heterocycles. The van der Waals surface area contributed by atoms with Crippen LogP contribution in [-0.4, -0.2) is 16.1 Å². The maximum Gasteiger partial charge on any atom is 0.169 e. The standard InChI is InChI=1S/C11H8ClFN2O/c1-15-9(6-16)10(12)11(14-15)7-2-4-8(13)5-3-7/h2-6H,1H3. The number of nitrogens with zero attached hydrogens (tertiary/aromatic N) is 2. The molecule has 0 radical (unpaired) electrons. The van der Waals surface area contributed by atoms with Crippen molar-refractivity contribution in [1.82, 2.24) is 9.78 Å². The minimum atomic E-state index is -0.327. The van der Waals surface area contributed by atoms with Crippen LogP contribution >= 0.6 is 11.6 Å². The second-order valence-electron chi connectivity index (χ2n) is 3.30. The first kappa shape index (κ1) is 10.8. The Balaban J connectivity index is 2.56. The quantitative estimate of drug-likeness (QED) is 0.754. The number of carbonyl (C=O) groups is 1. The van der Waals surface area contributed by atoms with E-state index >= 15 is 0 Å². The molecule has 0 saturated heterocycles. The molecular weight excluding hydrogens is 231 g/mol. The number of halogens is 2. The van der Waals surface area contributed by atoms with Gasteiger partial charge in [-0.1, -0.05) is 11.6 Å². The average molecular weight is 239 g/mol. The first-order valence-corrected chi connectivity index (χ1v) is 4.95. The molecule has 0 aliphatic carbocycles. The molecule has 5 heteroatoms. The van der Waals surface area contributed by atoms with E-state index in [-0.39, 0.29) is 10.8 Å². The van der Waals surface area contributed by atoms with Gasteiger partial charge >= 0.3 is 0 Å². The van der Waals surface area contributed by atoms with Crippen LogP contribution in [0.1, 0.15) is 10.5 Å². The summed E-state index contributed by atoms with van der Waals surface area (Å²) in [6.07, 6.45) is 0.641. The largest absolute Gasteiger partial charge is 0.296 e. The van der Waals surface area contributed by atoms with Crippen molar-refractivity contribution in [2.45, 2.75) is 0 Å². The van der Waals surface area contributed by atoms with E-state index in [1.54, 1.807) is 19.2 Å². The molecule has 0 N–H and O–H groups in total. The van der Waals surface area contributed by atoms with Crippen molar-refractivity contribution in [2.75, 3.05) is 0 Å². The van der Waals surface area contributed by atoms with Crippen LogP contribution in [-0.2, 0) is 7.05 Å². The SMILES string of the molecule is Cn1nc(-c2ccc(F)cc2)c(Cl)c1C=O. The van der Waals surface area contributed by atoms with Gasteiger partial charge in [0, 0.05) is 12.6 Å². The van der Waals surface area contributed by atoms with Crippen LogP contribution in [0.3, 0.4) is 0 Å². The van der Waals surface area contributed by atoms with Gasteiger partial charge in [0.25, 0.3) is 0 Å². The Kier molecular flexibility index (Phi) is 2.75. The summed E-state index contributed by atoms with van der Waals surface area (Å²) in [5, 5.41) is 4.39. The molecule has 0 fully saturated rings. The van der Waals surface area contributed by atoms with Crippen molar-refractivity contribution in [1.29, 1.82) is 0 Å². The normalized spacial score (nSPS) is 10.4. The fourth-order valence-electron chi connectivity index (χ4n) is 1.43. The summed E-state index contributed by atoms with van der Waals surface area (Å²) in [6.45, 7) is 0. The molecule has 3 nitrogen and oxygen atoms in total. The number of benzene rings is 1. The molecule has 16 heavy (non-hydrogen) atoms. The lowest BCUT2D eigenvalue weighted by Crippen LogP contribution is -1.95. The molecule has 1 heterocycles. The molecule has 0 saturated carbocycles. The second kappa shape index (κ2) is 4.06. The molecule has 0 unspecified atom stereocenters. The Morgan fingerprint density at radius 1 is 1.38 bits per heavy atom. The van der Waals surface area contributed by atoms with E-state index in [2.05, 4.69) is 5.10 Å². The summed E-state index contributed by atoms with van der Waals surface area (Å²) in [5.74, 6) is -0.327. The monoisotopic (exact) mass is 238 g/mol. The van der Waals surface area contributed by atoms with Gasteiger partial charge in [0.2, 0.25) is 0 Å². The van der Waals surface area contributed by atoms with Crippen molar-refractivity contribution in [3.63, 3.8) is 0 Å². The van der Waals surface area contributed by atoms with Crippen LogP contribution < -0.4 is 0 Å². The highest BCUT2D eigenvalue weighted by Gasteiger charge is 2.14. The van der Waals surface area contributed by atoms with Crippen LogP contribution in [0.2, 0.25) is 5.02 Å². The third-order valence-corrected chi connectivity index (χ3v) is 2.63. The third kappa shape index (κ3) is 1.72. The van der Waals surface area contributed by atoms with E-state index in [0.29, 0.717) is 23.2 Å². The number of carbonyl (C=O) groups excluding carboxylic acids is 1. The van der Waals surface area contributed by atoms with Gasteiger partial charge in [0.15, 0.2) is 6.29 Å². The third-order valence-electron chi connectivity index (χ3n) is 2.26. The van der Waals surface area contributed by atoms with Gasteiger partial charge in [-0.05, 0) is 24.3 Å². The molecule has 0 bridgehead atoms. The van der Waals surface area contributed by atoms with Crippen molar-refractivity contribution in [3.8, 4) is 11.3 Å². The number of hydrogen-bond donors (Lipinski definition) is 0. The second-order valence-corrected chi connectivity index (χ2v) is 3.67. The predicted molar refractivity (Wildman–Crippen MR) is 59.0 cm³/mol. The van der Waals surface area contributed by atoms with Crippen molar-refractivity contribution >= 4 is 17.9 Å². The lowest BCUT2D eigenvalue weighted by molar-refractivity contribution is 0.111. The van der Waals surface area contributed by atoms with Gasteiger partial charge in [-0.25, -0.2) is 4.39 Å². The lowest BCUT2D eigenvalue weighted by atomic mass is 10.1. The van der Waals surface area contributed by atoms with Crippen molar-refractivity contribution < 1.29 is 9.18 Å². The molecule has 0 spiro atoms. The summed E-state index contributed by atoms with van der Waals surface area (Å²) in [5.41, 5.74) is 1.46. The maximum absolute atomic E-state index is 12.7. The van der Waals surface area contributed by atoms with Crippen molar-refractivity contribution in [2.24, 2.45) is 7.05 Å². The summed E-state index contributed by atoms with van der Waals surface area (Å²) in [7, 11) is 1.63. The molecule has 1 aromatic carbocycles. The zero-order valence-electron chi connectivity index (χ0n) is 8.45. The van der Waals surface area contributed by atoms with Crippen LogP contribution in [0.15, 0.2) is 24.3 Å². The lowest BCUT2D eigenvalue weighted by Gasteiger charge is -1.96. The average Bonchev–Trinajstić information content (AvgIpc) is 2.55. The van der Waals surface area contributed by atoms with Gasteiger partial charge in [-0.15, -0.1) is 0 Å². The van der Waals surface area contributed by atoms with E-state index in [4.69, 9.17) is 11.6 Å². The number of aryl methyl sites for hydroxylation is 1. The van der Waals surface area contributed by atoms with Crippen LogP contribution in [0, 0.1) is 5.82 Å². The topological polar surface area (TPSA) is 34.9 Å². The highest BCUT2D eigenvalue weighted by molar-refractivity contribution is 6.35. The molecule has 0 amide bonds. The molecule has 1 aromatic heterocycles. The maximum atomic E-state index is 12.7. The number of rotatable bonds is 2. The summed E-state index contributed by atoms with van der Waals surface area (Å²) < 4.78 is 14.1. The Labute approximate surface area is 96.5 Å². The van der Waals surface area contributed by atoms with E-state index < -0.39 is 0 Å². The Morgan fingerprint density at radius 2 is 2.00 bits per heavy atom. The van der Waals surface area contributed by atoms with Crippen LogP contribution in [0.4, 0.5) is 4.39 Å². The molecule has 2 aromatic rings. The number of hydrogen-bond acceptors (Lipinski definition) is 2. The van der Waals surface area contributed by atoms with Crippen molar-refractivity contribution in [3.05, 3.63) is 40.8 Å². The minimum Gasteiger partial charge on any atom is -0.296 e. The van der Waals surface area contributed by atoms with Gasteiger partial charge in [-0.2, -0.15) is 5.10 Å². The van der Waals surface area contributed by atoms with E-state index in [1.165, 1.54) is 16.8 Å². The number of aromatic nitrogens is 2. The van der Waals surface area contributed by atoms with Crippen LogP contribution in [0.25, 0.3) is 11.3 Å². The molecule has 2 rings (SSSR count). The first-order chi connectivity index (χ1) is 7.63. The minimum absolute atomic E-state index is 0.282. The Morgan fingerprint density at radius 3 is 2.50 bits per heavy atom. The first-order valence-electron chi connectivity index (χ1n) is 4.57. The van der Waals surface area contributed by atoms with Crippen LogP contribution in [0.5, 0.6) is 0 Å². The van der Waals surface area contributed by atoms with Gasteiger partial charge < -0.3 is 0 Å². The zero-order chi connectivity index (χ0) is 11.7. The Hall–Kier alpha value is -1.68. The van der Waals surface area contributed by atoms with E-state index in [1.807, 2.05) is 0 Å². The fraction of sp³-hybridized carbons (Fsp3) is 0.0909. The summed E-state index contributed by atoms with van der Waals surface area (Å²) in [6, 6.07) is 5.78. The Bertz CT molecular complexity index is 534. The predicted octanol–water partition coefficient (Wildman–Crippen LogP) is 2.69. The molecule has 0 aliphatic rings. The number of aldehydes is 1. The van der Waals surface area contributed by atoms with Gasteiger partial charge in [-0.3, -0.25) is 9.48 Å². The highest BCUT2D eigenvalue weighted by atomic mass is 35.5. The summed E-state index contributed by atoms with van der Waals surface area (Å²) in [4.78, 5) is 10.7. The molecule has 0 atom stereocenters.